The highest BCUT2D eigenvalue weighted by Gasteiger charge is 2.32. The van der Waals surface area contributed by atoms with Gasteiger partial charge in [0.05, 0.1) is 11.7 Å². The number of hydrogen-bond donors (Lipinski definition) is 1. The van der Waals surface area contributed by atoms with Crippen LogP contribution in [0.2, 0.25) is 0 Å². The standard InChI is InChI=1S/C16H22F4O/c1-3-5-6-11(4-2)7-15(21)12-8-13(16(18,19)20)10-14(17)9-12/h8-11,15,21H,3-7H2,1-2H3. The van der Waals surface area contributed by atoms with Crippen molar-refractivity contribution in [3.05, 3.63) is 35.1 Å². The van der Waals surface area contributed by atoms with Crippen molar-refractivity contribution in [3.8, 4) is 0 Å². The highest BCUT2D eigenvalue weighted by atomic mass is 19.4. The second-order valence-corrected chi connectivity index (χ2v) is 5.44. The van der Waals surface area contributed by atoms with Crippen molar-refractivity contribution in [1.29, 1.82) is 0 Å². The second kappa shape index (κ2) is 7.78. The molecule has 0 fully saturated rings. The van der Waals surface area contributed by atoms with Gasteiger partial charge >= 0.3 is 6.18 Å². The summed E-state index contributed by atoms with van der Waals surface area (Å²) < 4.78 is 51.3. The maximum absolute atomic E-state index is 13.3. The van der Waals surface area contributed by atoms with Gasteiger partial charge in [0, 0.05) is 0 Å². The fourth-order valence-electron chi connectivity index (χ4n) is 2.40. The highest BCUT2D eigenvalue weighted by Crippen LogP contribution is 2.33. The van der Waals surface area contributed by atoms with Gasteiger partial charge in [0.1, 0.15) is 5.82 Å². The van der Waals surface area contributed by atoms with Gasteiger partial charge in [-0.3, -0.25) is 0 Å². The number of aliphatic hydroxyl groups excluding tert-OH is 1. The minimum atomic E-state index is -4.61. The molecule has 2 atom stereocenters. The Hall–Kier alpha value is -1.10. The van der Waals surface area contributed by atoms with Gasteiger partial charge in [-0.2, -0.15) is 13.2 Å². The number of unbranched alkanes of at least 4 members (excludes halogenated alkanes) is 1. The predicted molar refractivity (Wildman–Crippen MR) is 74.3 cm³/mol. The fraction of sp³-hybridized carbons (Fsp3) is 0.625. The molecule has 5 heteroatoms. The quantitative estimate of drug-likeness (QED) is 0.661. The number of alkyl halides is 3. The average Bonchev–Trinajstić information content (AvgIpc) is 2.41. The van der Waals surface area contributed by atoms with Crippen LogP contribution in [-0.4, -0.2) is 5.11 Å². The van der Waals surface area contributed by atoms with E-state index in [9.17, 15) is 22.7 Å². The van der Waals surface area contributed by atoms with E-state index in [-0.39, 0.29) is 11.5 Å². The zero-order valence-electron chi connectivity index (χ0n) is 12.4. The molecular formula is C16H22F4O. The van der Waals surface area contributed by atoms with E-state index < -0.39 is 23.7 Å². The smallest absolute Gasteiger partial charge is 0.388 e. The third kappa shape index (κ3) is 5.65. The molecule has 1 rings (SSSR count). The summed E-state index contributed by atoms with van der Waals surface area (Å²) in [5.74, 6) is -0.738. The second-order valence-electron chi connectivity index (χ2n) is 5.44. The SMILES string of the molecule is CCCCC(CC)CC(O)c1cc(F)cc(C(F)(F)F)c1. The maximum Gasteiger partial charge on any atom is 0.416 e. The van der Waals surface area contributed by atoms with Gasteiger partial charge in [0.15, 0.2) is 0 Å². The molecule has 0 saturated heterocycles. The Morgan fingerprint density at radius 2 is 1.81 bits per heavy atom. The summed E-state index contributed by atoms with van der Waals surface area (Å²) in [5, 5.41) is 10.1. The van der Waals surface area contributed by atoms with Crippen LogP contribution in [0.3, 0.4) is 0 Å². The van der Waals surface area contributed by atoms with Crippen molar-refractivity contribution >= 4 is 0 Å². The van der Waals surface area contributed by atoms with Crippen LogP contribution in [0.15, 0.2) is 18.2 Å². The summed E-state index contributed by atoms with van der Waals surface area (Å²) >= 11 is 0. The molecular weight excluding hydrogens is 284 g/mol. The van der Waals surface area contributed by atoms with Gasteiger partial charge in [-0.1, -0.05) is 39.5 Å². The molecule has 0 aromatic heterocycles. The molecule has 1 N–H and O–H groups in total. The molecule has 1 nitrogen and oxygen atoms in total. The van der Waals surface area contributed by atoms with Crippen LogP contribution in [0.1, 0.15) is 63.2 Å². The molecule has 120 valence electrons. The zero-order chi connectivity index (χ0) is 16.0. The Labute approximate surface area is 123 Å². The van der Waals surface area contributed by atoms with Gasteiger partial charge in [0.25, 0.3) is 0 Å². The first kappa shape index (κ1) is 18.0. The highest BCUT2D eigenvalue weighted by molar-refractivity contribution is 5.28. The summed E-state index contributed by atoms with van der Waals surface area (Å²) in [6.07, 6.45) is -1.50. The van der Waals surface area contributed by atoms with Gasteiger partial charge in [-0.15, -0.1) is 0 Å². The van der Waals surface area contributed by atoms with Crippen molar-refractivity contribution in [1.82, 2.24) is 0 Å². The molecule has 0 saturated carbocycles. The minimum absolute atomic E-state index is 0.00252. The van der Waals surface area contributed by atoms with Crippen molar-refractivity contribution in [2.45, 2.75) is 58.2 Å². The molecule has 0 aliphatic carbocycles. The van der Waals surface area contributed by atoms with Crippen LogP contribution in [0, 0.1) is 11.7 Å². The maximum atomic E-state index is 13.3. The minimum Gasteiger partial charge on any atom is -0.388 e. The van der Waals surface area contributed by atoms with E-state index in [0.717, 1.165) is 37.8 Å². The predicted octanol–water partition coefficient (Wildman–Crippen LogP) is 5.48. The molecule has 0 spiro atoms. The third-order valence-electron chi connectivity index (χ3n) is 3.73. The van der Waals surface area contributed by atoms with E-state index in [2.05, 4.69) is 6.92 Å². The molecule has 1 aromatic rings. The molecule has 0 heterocycles. The third-order valence-corrected chi connectivity index (χ3v) is 3.73. The normalized spacial score (nSPS) is 15.0. The van der Waals surface area contributed by atoms with Gasteiger partial charge in [-0.05, 0) is 36.1 Å². The lowest BCUT2D eigenvalue weighted by Crippen LogP contribution is -2.10. The van der Waals surface area contributed by atoms with E-state index in [1.165, 1.54) is 0 Å². The van der Waals surface area contributed by atoms with E-state index in [4.69, 9.17) is 0 Å². The van der Waals surface area contributed by atoms with Crippen LogP contribution in [-0.2, 0) is 6.18 Å². The van der Waals surface area contributed by atoms with Gasteiger partial charge in [0.2, 0.25) is 0 Å². The van der Waals surface area contributed by atoms with Crippen LogP contribution in [0.25, 0.3) is 0 Å². The van der Waals surface area contributed by atoms with Gasteiger partial charge in [-0.25, -0.2) is 4.39 Å². The monoisotopic (exact) mass is 306 g/mol. The Morgan fingerprint density at radius 1 is 1.14 bits per heavy atom. The summed E-state index contributed by atoms with van der Waals surface area (Å²) in [6.45, 7) is 4.05. The molecule has 2 unspecified atom stereocenters. The molecule has 0 radical (unpaired) electrons. The molecule has 0 amide bonds. The number of benzene rings is 1. The Balaban J connectivity index is 2.86. The topological polar surface area (TPSA) is 20.2 Å². The van der Waals surface area contributed by atoms with Crippen LogP contribution in [0.5, 0.6) is 0 Å². The van der Waals surface area contributed by atoms with E-state index >= 15 is 0 Å². The molecule has 0 bridgehead atoms. The van der Waals surface area contributed by atoms with Crippen molar-refractivity contribution in [2.24, 2.45) is 5.92 Å². The zero-order valence-corrected chi connectivity index (χ0v) is 12.4. The van der Waals surface area contributed by atoms with E-state index in [1.54, 1.807) is 0 Å². The van der Waals surface area contributed by atoms with E-state index in [0.29, 0.717) is 12.5 Å². The largest absolute Gasteiger partial charge is 0.416 e. The van der Waals surface area contributed by atoms with Crippen LogP contribution < -0.4 is 0 Å². The van der Waals surface area contributed by atoms with Crippen molar-refractivity contribution in [2.75, 3.05) is 0 Å². The first-order chi connectivity index (χ1) is 9.77. The Morgan fingerprint density at radius 3 is 2.33 bits per heavy atom. The number of rotatable bonds is 7. The van der Waals surface area contributed by atoms with Crippen molar-refractivity contribution < 1.29 is 22.7 Å². The number of aliphatic hydroxyl groups is 1. The Bertz CT molecular complexity index is 442. The number of halogens is 4. The first-order valence-electron chi connectivity index (χ1n) is 7.33. The van der Waals surface area contributed by atoms with Crippen LogP contribution in [0.4, 0.5) is 17.6 Å². The Kier molecular flexibility index (Phi) is 6.65. The summed E-state index contributed by atoms with van der Waals surface area (Å²) in [4.78, 5) is 0. The lowest BCUT2D eigenvalue weighted by atomic mass is 9.90. The molecule has 0 aliphatic heterocycles. The first-order valence-corrected chi connectivity index (χ1v) is 7.33. The van der Waals surface area contributed by atoms with Crippen LogP contribution >= 0.6 is 0 Å². The van der Waals surface area contributed by atoms with Crippen molar-refractivity contribution in [3.63, 3.8) is 0 Å². The summed E-state index contributed by atoms with van der Waals surface area (Å²) in [7, 11) is 0. The number of hydrogen-bond acceptors (Lipinski definition) is 1. The molecule has 21 heavy (non-hydrogen) atoms. The van der Waals surface area contributed by atoms with E-state index in [1.807, 2.05) is 6.92 Å². The average molecular weight is 306 g/mol. The van der Waals surface area contributed by atoms with Gasteiger partial charge < -0.3 is 5.11 Å². The molecule has 1 aromatic carbocycles. The fourth-order valence-corrected chi connectivity index (χ4v) is 2.40. The molecule has 0 aliphatic rings. The summed E-state index contributed by atoms with van der Waals surface area (Å²) in [6, 6.07) is 2.26. The lowest BCUT2D eigenvalue weighted by Gasteiger charge is -2.20. The lowest BCUT2D eigenvalue weighted by molar-refractivity contribution is -0.137. The summed E-state index contributed by atoms with van der Waals surface area (Å²) in [5.41, 5.74) is -1.06.